The number of carbonyl (C=O) groups is 1. The molecular formula is C20H17N5O3S. The SMILES string of the molecule is COC(=O)c1ccc(CN=C2N=CCC(/C(C#N)=C3/Nc4ccccc4O3)N2)s1. The zero-order valence-corrected chi connectivity index (χ0v) is 16.3. The first kappa shape index (κ1) is 18.7. The molecule has 2 aromatic rings. The van der Waals surface area contributed by atoms with Crippen molar-refractivity contribution in [3.8, 4) is 11.8 Å². The minimum absolute atomic E-state index is 0.304. The number of benzene rings is 1. The number of hydrogen-bond acceptors (Lipinski definition) is 7. The average molecular weight is 407 g/mol. The summed E-state index contributed by atoms with van der Waals surface area (Å²) in [6, 6.07) is 13.0. The first-order valence-corrected chi connectivity index (χ1v) is 9.68. The van der Waals surface area contributed by atoms with Crippen LogP contribution in [-0.2, 0) is 11.3 Å². The summed E-state index contributed by atoms with van der Waals surface area (Å²) >= 11 is 1.33. The van der Waals surface area contributed by atoms with E-state index in [2.05, 4.69) is 26.7 Å². The molecule has 1 aromatic carbocycles. The van der Waals surface area contributed by atoms with Gasteiger partial charge in [-0.2, -0.15) is 5.26 Å². The van der Waals surface area contributed by atoms with E-state index in [1.54, 1.807) is 12.3 Å². The van der Waals surface area contributed by atoms with Crippen LogP contribution in [-0.4, -0.2) is 31.3 Å². The number of fused-ring (bicyclic) bond motifs is 1. The van der Waals surface area contributed by atoms with Crippen LogP contribution in [0.2, 0.25) is 0 Å². The Kier molecular flexibility index (Phi) is 5.27. The van der Waals surface area contributed by atoms with Crippen LogP contribution in [0.15, 0.2) is 57.8 Å². The number of guanidine groups is 1. The molecule has 4 rings (SSSR count). The van der Waals surface area contributed by atoms with Gasteiger partial charge in [0.2, 0.25) is 11.8 Å². The van der Waals surface area contributed by atoms with Gasteiger partial charge in [0.1, 0.15) is 16.5 Å². The van der Waals surface area contributed by atoms with Crippen LogP contribution in [0.4, 0.5) is 5.69 Å². The van der Waals surface area contributed by atoms with Gasteiger partial charge in [0.05, 0.1) is 25.4 Å². The van der Waals surface area contributed by atoms with Crippen LogP contribution in [0.5, 0.6) is 5.75 Å². The fourth-order valence-electron chi connectivity index (χ4n) is 2.93. The predicted molar refractivity (Wildman–Crippen MR) is 110 cm³/mol. The van der Waals surface area contributed by atoms with E-state index in [0.717, 1.165) is 10.6 Å². The van der Waals surface area contributed by atoms with E-state index in [-0.39, 0.29) is 12.0 Å². The molecule has 3 heterocycles. The molecule has 0 aliphatic carbocycles. The van der Waals surface area contributed by atoms with E-state index in [1.165, 1.54) is 18.4 Å². The van der Waals surface area contributed by atoms with Crippen molar-refractivity contribution in [3.63, 3.8) is 0 Å². The molecule has 0 saturated carbocycles. The summed E-state index contributed by atoms with van der Waals surface area (Å²) in [4.78, 5) is 21.7. The molecule has 8 nitrogen and oxygen atoms in total. The number of esters is 1. The second-order valence-electron chi connectivity index (χ2n) is 6.22. The van der Waals surface area contributed by atoms with Gasteiger partial charge in [-0.3, -0.25) is 0 Å². The number of aliphatic imine (C=N–C) groups is 2. The van der Waals surface area contributed by atoms with Crippen LogP contribution in [0.3, 0.4) is 0 Å². The van der Waals surface area contributed by atoms with Gasteiger partial charge in [0.15, 0.2) is 5.75 Å². The Morgan fingerprint density at radius 3 is 3.07 bits per heavy atom. The minimum Gasteiger partial charge on any atom is -0.465 e. The standard InChI is InChI=1S/C20H17N5O3S/c1-27-19(26)17-7-6-12(29-17)11-23-20-22-9-8-14(25-20)13(10-21)18-24-15-4-2-3-5-16(15)28-18/h2-7,9,14,24H,8,11H2,1H3,(H,23,25)/b18-13-. The lowest BCUT2D eigenvalue weighted by molar-refractivity contribution is 0.0606. The van der Waals surface area contributed by atoms with Gasteiger partial charge in [-0.1, -0.05) is 12.1 Å². The van der Waals surface area contributed by atoms with Crippen molar-refractivity contribution in [3.05, 3.63) is 57.6 Å². The van der Waals surface area contributed by atoms with Crippen molar-refractivity contribution in [2.24, 2.45) is 9.98 Å². The van der Waals surface area contributed by atoms with Crippen molar-refractivity contribution < 1.29 is 14.3 Å². The maximum absolute atomic E-state index is 11.6. The third-order valence-corrected chi connectivity index (χ3v) is 5.40. The second kappa shape index (κ2) is 8.16. The number of para-hydroxylation sites is 2. The maximum atomic E-state index is 11.6. The largest absolute Gasteiger partial charge is 0.465 e. The van der Waals surface area contributed by atoms with Crippen molar-refractivity contribution in [2.75, 3.05) is 12.4 Å². The molecule has 1 atom stereocenters. The fourth-order valence-corrected chi connectivity index (χ4v) is 3.78. The Hall–Kier alpha value is -3.64. The molecular weight excluding hydrogens is 390 g/mol. The van der Waals surface area contributed by atoms with Gasteiger partial charge in [0, 0.05) is 17.5 Å². The maximum Gasteiger partial charge on any atom is 0.348 e. The van der Waals surface area contributed by atoms with Crippen LogP contribution >= 0.6 is 11.3 Å². The Morgan fingerprint density at radius 1 is 1.41 bits per heavy atom. The smallest absolute Gasteiger partial charge is 0.348 e. The lowest BCUT2D eigenvalue weighted by Crippen LogP contribution is -2.39. The summed E-state index contributed by atoms with van der Waals surface area (Å²) in [5.74, 6) is 1.17. The third-order valence-electron chi connectivity index (χ3n) is 4.35. The molecule has 2 aliphatic rings. The quantitative estimate of drug-likeness (QED) is 0.596. The van der Waals surface area contributed by atoms with Crippen molar-refractivity contribution in [1.82, 2.24) is 5.32 Å². The molecule has 146 valence electrons. The topological polar surface area (TPSA) is 108 Å². The fraction of sp³-hybridized carbons (Fsp3) is 0.200. The van der Waals surface area contributed by atoms with E-state index in [0.29, 0.717) is 41.0 Å². The molecule has 2 aliphatic heterocycles. The minimum atomic E-state index is -0.363. The number of ether oxygens (including phenoxy) is 2. The van der Waals surface area contributed by atoms with Crippen molar-refractivity contribution in [1.29, 1.82) is 5.26 Å². The molecule has 9 heteroatoms. The van der Waals surface area contributed by atoms with Crippen LogP contribution in [0.25, 0.3) is 0 Å². The highest BCUT2D eigenvalue weighted by Crippen LogP contribution is 2.34. The van der Waals surface area contributed by atoms with Crippen LogP contribution < -0.4 is 15.4 Å². The van der Waals surface area contributed by atoms with Gasteiger partial charge < -0.3 is 20.1 Å². The number of thiophene rings is 1. The number of nitriles is 1. The van der Waals surface area contributed by atoms with Gasteiger partial charge in [-0.05, 0) is 24.3 Å². The third kappa shape index (κ3) is 3.97. The first-order valence-electron chi connectivity index (χ1n) is 8.86. The summed E-state index contributed by atoms with van der Waals surface area (Å²) in [5.41, 5.74) is 1.27. The van der Waals surface area contributed by atoms with Crippen LogP contribution in [0.1, 0.15) is 21.0 Å². The summed E-state index contributed by atoms with van der Waals surface area (Å²) in [7, 11) is 1.35. The molecule has 1 aromatic heterocycles. The zero-order valence-electron chi connectivity index (χ0n) is 15.5. The predicted octanol–water partition coefficient (Wildman–Crippen LogP) is 3.06. The van der Waals surface area contributed by atoms with Gasteiger partial charge in [0.25, 0.3) is 0 Å². The van der Waals surface area contributed by atoms with Gasteiger partial charge in [-0.15, -0.1) is 11.3 Å². The molecule has 0 amide bonds. The number of carbonyl (C=O) groups excluding carboxylic acids is 1. The van der Waals surface area contributed by atoms with Crippen molar-refractivity contribution in [2.45, 2.75) is 19.0 Å². The monoisotopic (exact) mass is 407 g/mol. The van der Waals surface area contributed by atoms with E-state index in [9.17, 15) is 10.1 Å². The van der Waals surface area contributed by atoms with E-state index >= 15 is 0 Å². The zero-order chi connectivity index (χ0) is 20.2. The summed E-state index contributed by atoms with van der Waals surface area (Å²) in [5, 5.41) is 16.0. The Labute approximate surface area is 171 Å². The van der Waals surface area contributed by atoms with E-state index < -0.39 is 0 Å². The molecule has 29 heavy (non-hydrogen) atoms. The Bertz CT molecular complexity index is 1050. The Morgan fingerprint density at radius 2 is 2.28 bits per heavy atom. The lowest BCUT2D eigenvalue weighted by Gasteiger charge is -2.21. The highest BCUT2D eigenvalue weighted by molar-refractivity contribution is 7.13. The summed E-state index contributed by atoms with van der Waals surface area (Å²) in [6.07, 6.45) is 2.27. The number of hydrogen-bond donors (Lipinski definition) is 2. The highest BCUT2D eigenvalue weighted by atomic mass is 32.1. The summed E-state index contributed by atoms with van der Waals surface area (Å²) < 4.78 is 10.5. The summed E-state index contributed by atoms with van der Waals surface area (Å²) in [6.45, 7) is 0.368. The number of nitrogens with one attached hydrogen (secondary N) is 2. The molecule has 0 saturated heterocycles. The normalized spacial score (nSPS) is 20.1. The van der Waals surface area contributed by atoms with Gasteiger partial charge in [-0.25, -0.2) is 14.8 Å². The number of rotatable bonds is 4. The molecule has 0 spiro atoms. The number of nitrogens with zero attached hydrogens (tertiary/aromatic N) is 3. The van der Waals surface area contributed by atoms with E-state index in [1.807, 2.05) is 30.3 Å². The van der Waals surface area contributed by atoms with Crippen molar-refractivity contribution >= 4 is 35.2 Å². The Balaban J connectivity index is 1.47. The molecule has 0 radical (unpaired) electrons. The second-order valence-corrected chi connectivity index (χ2v) is 7.39. The molecule has 1 unspecified atom stereocenters. The number of methoxy groups -OCH3 is 1. The molecule has 0 fully saturated rings. The molecule has 0 bridgehead atoms. The van der Waals surface area contributed by atoms with E-state index in [4.69, 9.17) is 9.47 Å². The molecule has 2 N–H and O–H groups in total. The van der Waals surface area contributed by atoms with Gasteiger partial charge >= 0.3 is 5.97 Å². The van der Waals surface area contributed by atoms with Crippen LogP contribution in [0, 0.1) is 11.3 Å². The first-order chi connectivity index (χ1) is 14.2. The lowest BCUT2D eigenvalue weighted by atomic mass is 10.1. The average Bonchev–Trinajstić information content (AvgIpc) is 3.39. The number of anilines is 1. The highest BCUT2D eigenvalue weighted by Gasteiger charge is 2.27.